The maximum atomic E-state index is 12.8. The zero-order valence-electron chi connectivity index (χ0n) is 12.8. The summed E-state index contributed by atoms with van der Waals surface area (Å²) in [7, 11) is -2.73. The Morgan fingerprint density at radius 3 is 2.65 bits per heavy atom. The maximum absolute atomic E-state index is 12.8. The number of aliphatic carboxylic acids is 1. The van der Waals surface area contributed by atoms with Gasteiger partial charge in [0.05, 0.1) is 7.11 Å². The van der Waals surface area contributed by atoms with E-state index in [4.69, 9.17) is 4.74 Å². The van der Waals surface area contributed by atoms with Crippen molar-refractivity contribution < 1.29 is 27.9 Å². The summed E-state index contributed by atoms with van der Waals surface area (Å²) in [4.78, 5) is 22.2. The van der Waals surface area contributed by atoms with Crippen LogP contribution in [-0.2, 0) is 19.6 Å². The number of carboxylic acids is 1. The average molecular weight is 342 g/mol. The van der Waals surface area contributed by atoms with Crippen molar-refractivity contribution in [3.05, 3.63) is 18.2 Å². The minimum absolute atomic E-state index is 0.0927. The van der Waals surface area contributed by atoms with Gasteiger partial charge in [0.1, 0.15) is 16.7 Å². The molecule has 0 saturated carbocycles. The van der Waals surface area contributed by atoms with E-state index >= 15 is 0 Å². The minimum atomic E-state index is -4.06. The molecule has 0 unspecified atom stereocenters. The van der Waals surface area contributed by atoms with Crippen molar-refractivity contribution >= 4 is 27.6 Å². The third-order valence-corrected chi connectivity index (χ3v) is 5.49. The second kappa shape index (κ2) is 6.55. The molecular weight excluding hydrogens is 324 g/mol. The molecule has 0 spiro atoms. The normalized spacial score (nSPS) is 18.6. The average Bonchev–Trinajstić information content (AvgIpc) is 2.97. The maximum Gasteiger partial charge on any atom is 0.322 e. The highest BCUT2D eigenvalue weighted by Crippen LogP contribution is 2.33. The summed E-state index contributed by atoms with van der Waals surface area (Å²) in [6, 6.07) is 3.11. The highest BCUT2D eigenvalue weighted by Gasteiger charge is 2.40. The summed E-state index contributed by atoms with van der Waals surface area (Å²) < 4.78 is 31.7. The van der Waals surface area contributed by atoms with Gasteiger partial charge in [-0.15, -0.1) is 0 Å². The molecule has 0 aliphatic carbocycles. The Labute approximate surface area is 134 Å². The van der Waals surface area contributed by atoms with Gasteiger partial charge in [0, 0.05) is 19.2 Å². The molecule has 1 saturated heterocycles. The molecule has 9 heteroatoms. The number of ether oxygens (including phenoxy) is 1. The van der Waals surface area contributed by atoms with Crippen LogP contribution in [0.4, 0.5) is 5.69 Å². The van der Waals surface area contributed by atoms with Crippen molar-refractivity contribution in [3.63, 3.8) is 0 Å². The molecule has 1 aliphatic heterocycles. The summed E-state index contributed by atoms with van der Waals surface area (Å²) in [6.07, 6.45) is 0.742. The van der Waals surface area contributed by atoms with E-state index in [0.717, 1.165) is 4.31 Å². The Bertz CT molecular complexity index is 731. The largest absolute Gasteiger partial charge is 0.495 e. The molecule has 2 N–H and O–H groups in total. The zero-order valence-corrected chi connectivity index (χ0v) is 13.6. The quantitative estimate of drug-likeness (QED) is 0.822. The third kappa shape index (κ3) is 3.45. The molecule has 0 bridgehead atoms. The van der Waals surface area contributed by atoms with Gasteiger partial charge in [-0.25, -0.2) is 8.42 Å². The Morgan fingerprint density at radius 1 is 1.39 bits per heavy atom. The number of methoxy groups -OCH3 is 1. The first-order chi connectivity index (χ1) is 10.8. The summed E-state index contributed by atoms with van der Waals surface area (Å²) in [5.74, 6) is -1.43. The molecule has 23 heavy (non-hydrogen) atoms. The Kier molecular flexibility index (Phi) is 4.90. The minimum Gasteiger partial charge on any atom is -0.495 e. The number of rotatable bonds is 5. The fourth-order valence-corrected chi connectivity index (χ4v) is 4.39. The van der Waals surface area contributed by atoms with E-state index in [1.807, 2.05) is 0 Å². The molecule has 1 aliphatic rings. The molecule has 0 aromatic heterocycles. The van der Waals surface area contributed by atoms with Crippen LogP contribution >= 0.6 is 0 Å². The molecule has 1 heterocycles. The van der Waals surface area contributed by atoms with Gasteiger partial charge in [0.2, 0.25) is 15.9 Å². The lowest BCUT2D eigenvalue weighted by atomic mass is 10.2. The van der Waals surface area contributed by atoms with Crippen LogP contribution in [0.2, 0.25) is 0 Å². The number of anilines is 1. The van der Waals surface area contributed by atoms with Crippen molar-refractivity contribution in [1.82, 2.24) is 4.31 Å². The zero-order chi connectivity index (χ0) is 17.2. The molecule has 2 rings (SSSR count). The number of carbonyl (C=O) groups is 2. The van der Waals surface area contributed by atoms with E-state index in [2.05, 4.69) is 5.32 Å². The van der Waals surface area contributed by atoms with Crippen LogP contribution in [0.1, 0.15) is 19.8 Å². The lowest BCUT2D eigenvalue weighted by molar-refractivity contribution is -0.140. The highest BCUT2D eigenvalue weighted by molar-refractivity contribution is 7.89. The number of carbonyl (C=O) groups excluding carboxylic acids is 1. The molecule has 0 radical (unpaired) electrons. The molecule has 8 nitrogen and oxygen atoms in total. The van der Waals surface area contributed by atoms with Crippen LogP contribution in [0.15, 0.2) is 23.1 Å². The number of nitrogens with zero attached hydrogens (tertiary/aromatic N) is 1. The summed E-state index contributed by atoms with van der Waals surface area (Å²) in [5, 5.41) is 11.7. The van der Waals surface area contributed by atoms with Gasteiger partial charge in [0.15, 0.2) is 0 Å². The molecule has 126 valence electrons. The first-order valence-electron chi connectivity index (χ1n) is 6.97. The van der Waals surface area contributed by atoms with Gasteiger partial charge in [-0.2, -0.15) is 4.31 Å². The van der Waals surface area contributed by atoms with Gasteiger partial charge in [-0.1, -0.05) is 0 Å². The van der Waals surface area contributed by atoms with Crippen LogP contribution in [-0.4, -0.2) is 49.4 Å². The highest BCUT2D eigenvalue weighted by atomic mass is 32.2. The lowest BCUT2D eigenvalue weighted by Gasteiger charge is -2.22. The van der Waals surface area contributed by atoms with Gasteiger partial charge in [-0.05, 0) is 31.0 Å². The van der Waals surface area contributed by atoms with Crippen LogP contribution in [0.5, 0.6) is 5.75 Å². The van der Waals surface area contributed by atoms with Gasteiger partial charge in [-0.3, -0.25) is 9.59 Å². The molecule has 1 aromatic carbocycles. The fourth-order valence-electron chi connectivity index (χ4n) is 2.56. The SMILES string of the molecule is COc1ccc(NC(C)=O)cc1S(=O)(=O)N1CCC[C@@H]1C(=O)O. The number of sulfonamides is 1. The molecule has 1 aromatic rings. The second-order valence-electron chi connectivity index (χ2n) is 5.16. The number of amides is 1. The Balaban J connectivity index is 2.49. The predicted octanol–water partition coefficient (Wildman–Crippen LogP) is 0.891. The van der Waals surface area contributed by atoms with Crippen molar-refractivity contribution in [3.8, 4) is 5.75 Å². The molecular formula is C14H18N2O6S. The fraction of sp³-hybridized carbons (Fsp3) is 0.429. The second-order valence-corrected chi connectivity index (χ2v) is 7.02. The summed E-state index contributed by atoms with van der Waals surface area (Å²) in [6.45, 7) is 1.44. The van der Waals surface area contributed by atoms with Gasteiger partial charge < -0.3 is 15.2 Å². The van der Waals surface area contributed by atoms with Gasteiger partial charge in [0.25, 0.3) is 0 Å². The van der Waals surface area contributed by atoms with E-state index in [0.29, 0.717) is 12.1 Å². The molecule has 1 atom stereocenters. The number of hydrogen-bond donors (Lipinski definition) is 2. The lowest BCUT2D eigenvalue weighted by Crippen LogP contribution is -2.40. The summed E-state index contributed by atoms with van der Waals surface area (Å²) in [5.41, 5.74) is 0.294. The van der Waals surface area contributed by atoms with Crippen LogP contribution in [0.3, 0.4) is 0 Å². The van der Waals surface area contributed by atoms with E-state index in [1.54, 1.807) is 0 Å². The first kappa shape index (κ1) is 17.2. The standard InChI is InChI=1S/C14H18N2O6S/c1-9(17)15-10-5-6-12(22-2)13(8-10)23(20,21)16-7-3-4-11(16)14(18)19/h5-6,8,11H,3-4,7H2,1-2H3,(H,15,17)(H,18,19)/t11-/m1/s1. The van der Waals surface area contributed by atoms with Crippen LogP contribution < -0.4 is 10.1 Å². The molecule has 1 amide bonds. The van der Waals surface area contributed by atoms with Crippen LogP contribution in [0.25, 0.3) is 0 Å². The smallest absolute Gasteiger partial charge is 0.322 e. The van der Waals surface area contributed by atoms with Crippen molar-refractivity contribution in [1.29, 1.82) is 0 Å². The third-order valence-electron chi connectivity index (χ3n) is 3.56. The van der Waals surface area contributed by atoms with Crippen molar-refractivity contribution in [2.45, 2.75) is 30.7 Å². The van der Waals surface area contributed by atoms with Crippen LogP contribution in [0, 0.1) is 0 Å². The van der Waals surface area contributed by atoms with E-state index in [1.165, 1.54) is 32.2 Å². The number of nitrogens with one attached hydrogen (secondary N) is 1. The Hall–Kier alpha value is -2.13. The number of benzene rings is 1. The number of hydrogen-bond acceptors (Lipinski definition) is 5. The number of carboxylic acid groups (broad SMARTS) is 1. The molecule has 1 fully saturated rings. The van der Waals surface area contributed by atoms with E-state index in [-0.39, 0.29) is 29.5 Å². The van der Waals surface area contributed by atoms with Crippen molar-refractivity contribution in [2.75, 3.05) is 19.0 Å². The predicted molar refractivity (Wildman–Crippen MR) is 81.8 cm³/mol. The Morgan fingerprint density at radius 2 is 2.09 bits per heavy atom. The van der Waals surface area contributed by atoms with E-state index in [9.17, 15) is 23.1 Å². The topological polar surface area (TPSA) is 113 Å². The van der Waals surface area contributed by atoms with Crippen molar-refractivity contribution in [2.24, 2.45) is 0 Å². The first-order valence-corrected chi connectivity index (χ1v) is 8.41. The van der Waals surface area contributed by atoms with E-state index < -0.39 is 22.0 Å². The summed E-state index contributed by atoms with van der Waals surface area (Å²) >= 11 is 0. The van der Waals surface area contributed by atoms with Gasteiger partial charge >= 0.3 is 5.97 Å². The monoisotopic (exact) mass is 342 g/mol.